The second-order valence-corrected chi connectivity index (χ2v) is 4.41. The molecule has 1 rings (SSSR count). The van der Waals surface area contributed by atoms with Crippen molar-refractivity contribution in [3.8, 4) is 0 Å². The summed E-state index contributed by atoms with van der Waals surface area (Å²) in [4.78, 5) is 24.1. The Balaban J connectivity index is 2.86. The van der Waals surface area contributed by atoms with Gasteiger partial charge in [0, 0.05) is 12.1 Å². The molecule has 1 heterocycles. The zero-order chi connectivity index (χ0) is 13.0. The van der Waals surface area contributed by atoms with Gasteiger partial charge in [-0.05, 0) is 18.9 Å². The molecule has 0 fully saturated rings. The smallest absolute Gasteiger partial charge is 0.323 e. The van der Waals surface area contributed by atoms with Crippen molar-refractivity contribution in [3.63, 3.8) is 0 Å². The van der Waals surface area contributed by atoms with Gasteiger partial charge in [-0.15, -0.1) is 0 Å². The van der Waals surface area contributed by atoms with E-state index in [-0.39, 0.29) is 24.1 Å². The molecule has 94 valence electrons. The van der Waals surface area contributed by atoms with Crippen molar-refractivity contribution in [2.24, 2.45) is 5.92 Å². The molecule has 5 nitrogen and oxygen atoms in total. The molecule has 0 aromatic carbocycles. The highest BCUT2D eigenvalue weighted by Crippen LogP contribution is 2.13. The summed E-state index contributed by atoms with van der Waals surface area (Å²) in [6, 6.07) is 1.68. The summed E-state index contributed by atoms with van der Waals surface area (Å²) in [5.74, 6) is -0.979. The van der Waals surface area contributed by atoms with Crippen LogP contribution in [0.15, 0.2) is 16.7 Å². The SMILES string of the molecule is Cc1ccoc1C(=O)N(CC(=O)O)CC(C)C. The molecule has 0 aliphatic heterocycles. The summed E-state index contributed by atoms with van der Waals surface area (Å²) in [6.07, 6.45) is 1.43. The van der Waals surface area contributed by atoms with Crippen LogP contribution in [0.1, 0.15) is 30.0 Å². The fourth-order valence-electron chi connectivity index (χ4n) is 1.56. The monoisotopic (exact) mass is 239 g/mol. The van der Waals surface area contributed by atoms with E-state index >= 15 is 0 Å². The Hall–Kier alpha value is -1.78. The van der Waals surface area contributed by atoms with Crippen LogP contribution in [-0.4, -0.2) is 35.0 Å². The number of carbonyl (C=O) groups excluding carboxylic acids is 1. The Kier molecular flexibility index (Phi) is 4.31. The molecular formula is C12H17NO4. The van der Waals surface area contributed by atoms with Gasteiger partial charge < -0.3 is 14.4 Å². The van der Waals surface area contributed by atoms with Crippen LogP contribution in [0, 0.1) is 12.8 Å². The Morgan fingerprint density at radius 1 is 1.47 bits per heavy atom. The topological polar surface area (TPSA) is 70.8 Å². The first-order chi connectivity index (χ1) is 7.91. The van der Waals surface area contributed by atoms with Gasteiger partial charge in [0.1, 0.15) is 6.54 Å². The number of furan rings is 1. The molecule has 0 aliphatic rings. The van der Waals surface area contributed by atoms with E-state index in [0.717, 1.165) is 0 Å². The molecule has 0 unspecified atom stereocenters. The van der Waals surface area contributed by atoms with Crippen LogP contribution >= 0.6 is 0 Å². The Morgan fingerprint density at radius 2 is 2.12 bits per heavy atom. The van der Waals surface area contributed by atoms with Gasteiger partial charge in [0.05, 0.1) is 6.26 Å². The summed E-state index contributed by atoms with van der Waals surface area (Å²) in [5, 5.41) is 8.79. The third kappa shape index (κ3) is 3.62. The number of carbonyl (C=O) groups is 2. The van der Waals surface area contributed by atoms with Crippen LogP contribution in [0.3, 0.4) is 0 Å². The first-order valence-electron chi connectivity index (χ1n) is 5.47. The molecule has 0 aliphatic carbocycles. The van der Waals surface area contributed by atoms with E-state index in [1.165, 1.54) is 11.2 Å². The van der Waals surface area contributed by atoms with E-state index in [2.05, 4.69) is 0 Å². The zero-order valence-electron chi connectivity index (χ0n) is 10.3. The average Bonchev–Trinajstić information content (AvgIpc) is 2.61. The molecule has 5 heteroatoms. The molecule has 0 saturated carbocycles. The summed E-state index contributed by atoms with van der Waals surface area (Å²) in [6.45, 7) is 5.70. The maximum Gasteiger partial charge on any atom is 0.323 e. The molecule has 0 atom stereocenters. The van der Waals surface area contributed by atoms with Crippen molar-refractivity contribution in [2.45, 2.75) is 20.8 Å². The number of aryl methyl sites for hydroxylation is 1. The lowest BCUT2D eigenvalue weighted by atomic mass is 10.2. The fraction of sp³-hybridized carbons (Fsp3) is 0.500. The molecule has 1 aromatic rings. The van der Waals surface area contributed by atoms with Crippen molar-refractivity contribution in [1.82, 2.24) is 4.90 Å². The number of rotatable bonds is 5. The lowest BCUT2D eigenvalue weighted by Gasteiger charge is -2.21. The molecule has 0 saturated heterocycles. The number of amides is 1. The van der Waals surface area contributed by atoms with Crippen LogP contribution in [0.2, 0.25) is 0 Å². The van der Waals surface area contributed by atoms with E-state index in [9.17, 15) is 9.59 Å². The predicted molar refractivity (Wildman–Crippen MR) is 61.8 cm³/mol. The van der Waals surface area contributed by atoms with Gasteiger partial charge in [0.2, 0.25) is 0 Å². The van der Waals surface area contributed by atoms with Gasteiger partial charge in [0.15, 0.2) is 5.76 Å². The minimum absolute atomic E-state index is 0.202. The highest BCUT2D eigenvalue weighted by Gasteiger charge is 2.23. The van der Waals surface area contributed by atoms with Crippen molar-refractivity contribution in [2.75, 3.05) is 13.1 Å². The van der Waals surface area contributed by atoms with Gasteiger partial charge in [-0.3, -0.25) is 9.59 Å². The first-order valence-corrected chi connectivity index (χ1v) is 5.47. The van der Waals surface area contributed by atoms with Gasteiger partial charge in [0.25, 0.3) is 5.91 Å². The van der Waals surface area contributed by atoms with Gasteiger partial charge >= 0.3 is 5.97 Å². The van der Waals surface area contributed by atoms with E-state index in [4.69, 9.17) is 9.52 Å². The second kappa shape index (κ2) is 5.52. The quantitative estimate of drug-likeness (QED) is 0.850. The minimum Gasteiger partial charge on any atom is -0.480 e. The molecule has 0 bridgehead atoms. The minimum atomic E-state index is -1.02. The molecular weight excluding hydrogens is 222 g/mol. The molecule has 1 amide bonds. The van der Waals surface area contributed by atoms with Gasteiger partial charge in [-0.25, -0.2) is 0 Å². The average molecular weight is 239 g/mol. The van der Waals surface area contributed by atoms with E-state index in [0.29, 0.717) is 12.1 Å². The molecule has 0 radical (unpaired) electrons. The zero-order valence-corrected chi connectivity index (χ0v) is 10.3. The third-order valence-electron chi connectivity index (χ3n) is 2.26. The fourth-order valence-corrected chi connectivity index (χ4v) is 1.56. The summed E-state index contributed by atoms with van der Waals surface area (Å²) < 4.78 is 5.09. The number of nitrogens with zero attached hydrogens (tertiary/aromatic N) is 1. The number of aliphatic carboxylic acids is 1. The maximum absolute atomic E-state index is 12.1. The highest BCUT2D eigenvalue weighted by atomic mass is 16.4. The Bertz CT molecular complexity index is 408. The van der Waals surface area contributed by atoms with Gasteiger partial charge in [-0.1, -0.05) is 13.8 Å². The van der Waals surface area contributed by atoms with E-state index < -0.39 is 5.97 Å². The first kappa shape index (κ1) is 13.3. The van der Waals surface area contributed by atoms with E-state index in [1.807, 2.05) is 13.8 Å². The van der Waals surface area contributed by atoms with Crippen LogP contribution in [0.5, 0.6) is 0 Å². The van der Waals surface area contributed by atoms with Crippen molar-refractivity contribution in [3.05, 3.63) is 23.7 Å². The molecule has 0 spiro atoms. The van der Waals surface area contributed by atoms with E-state index in [1.54, 1.807) is 13.0 Å². The van der Waals surface area contributed by atoms with Crippen LogP contribution < -0.4 is 0 Å². The van der Waals surface area contributed by atoms with Crippen LogP contribution in [-0.2, 0) is 4.79 Å². The normalized spacial score (nSPS) is 10.6. The van der Waals surface area contributed by atoms with Crippen molar-refractivity contribution in [1.29, 1.82) is 0 Å². The van der Waals surface area contributed by atoms with Crippen LogP contribution in [0.4, 0.5) is 0 Å². The highest BCUT2D eigenvalue weighted by molar-refractivity contribution is 5.94. The molecule has 1 aromatic heterocycles. The van der Waals surface area contributed by atoms with Gasteiger partial charge in [-0.2, -0.15) is 0 Å². The molecule has 1 N–H and O–H groups in total. The lowest BCUT2D eigenvalue weighted by Crippen LogP contribution is -2.38. The second-order valence-electron chi connectivity index (χ2n) is 4.41. The Morgan fingerprint density at radius 3 is 2.53 bits per heavy atom. The number of carboxylic acid groups (broad SMARTS) is 1. The van der Waals surface area contributed by atoms with Crippen molar-refractivity contribution >= 4 is 11.9 Å². The van der Waals surface area contributed by atoms with Crippen LogP contribution in [0.25, 0.3) is 0 Å². The summed E-state index contributed by atoms with van der Waals surface area (Å²) >= 11 is 0. The number of carboxylic acids is 1. The third-order valence-corrected chi connectivity index (χ3v) is 2.26. The predicted octanol–water partition coefficient (Wildman–Crippen LogP) is 1.77. The number of hydrogen-bond donors (Lipinski definition) is 1. The lowest BCUT2D eigenvalue weighted by molar-refractivity contribution is -0.137. The maximum atomic E-state index is 12.1. The summed E-state index contributed by atoms with van der Waals surface area (Å²) in [5.41, 5.74) is 0.717. The van der Waals surface area contributed by atoms with Crippen molar-refractivity contribution < 1.29 is 19.1 Å². The standard InChI is InChI=1S/C12H17NO4/c1-8(2)6-13(7-10(14)15)12(16)11-9(3)4-5-17-11/h4-5,8H,6-7H2,1-3H3,(H,14,15). The summed E-state index contributed by atoms with van der Waals surface area (Å²) in [7, 11) is 0. The largest absolute Gasteiger partial charge is 0.480 e. The molecule has 17 heavy (non-hydrogen) atoms. The Labute approximate surface area is 100 Å². The number of hydrogen-bond acceptors (Lipinski definition) is 3.